The minimum atomic E-state index is -0.574. The van der Waals surface area contributed by atoms with Crippen molar-refractivity contribution in [2.24, 2.45) is 11.1 Å². The van der Waals surface area contributed by atoms with Gasteiger partial charge >= 0.3 is 5.97 Å². The van der Waals surface area contributed by atoms with Gasteiger partial charge in [0.25, 0.3) is 0 Å². The molecule has 0 aliphatic rings. The number of methoxy groups -OCH3 is 1. The number of nitrogens with two attached hydrogens (primary N) is 1. The van der Waals surface area contributed by atoms with E-state index >= 15 is 0 Å². The van der Waals surface area contributed by atoms with Gasteiger partial charge in [-0.3, -0.25) is 4.79 Å². The maximum absolute atomic E-state index is 11.7. The highest BCUT2D eigenvalue weighted by molar-refractivity contribution is 5.75. The van der Waals surface area contributed by atoms with Crippen LogP contribution < -0.4 is 5.73 Å². The van der Waals surface area contributed by atoms with Crippen molar-refractivity contribution in [1.82, 2.24) is 0 Å². The van der Waals surface area contributed by atoms with Crippen LogP contribution in [-0.2, 0) is 14.9 Å². The number of ether oxygens (including phenoxy) is 1. The summed E-state index contributed by atoms with van der Waals surface area (Å²) in [6.45, 7) is 10.4. The van der Waals surface area contributed by atoms with Crippen LogP contribution in [0.25, 0.3) is 0 Å². The topological polar surface area (TPSA) is 52.3 Å². The van der Waals surface area contributed by atoms with Gasteiger partial charge in [0.15, 0.2) is 0 Å². The molecule has 1 aromatic carbocycles. The minimum Gasteiger partial charge on any atom is -0.469 e. The molecule has 2 N–H and O–H groups in total. The smallest absolute Gasteiger partial charge is 0.311 e. The zero-order chi connectivity index (χ0) is 16.3. The van der Waals surface area contributed by atoms with E-state index in [-0.39, 0.29) is 17.4 Å². The SMILES string of the molecule is CCC(C)(C)c1ccc(C(N)CC(C)(C)C(=O)OC)cc1. The van der Waals surface area contributed by atoms with Crippen molar-refractivity contribution in [3.8, 4) is 0 Å². The molecule has 118 valence electrons. The van der Waals surface area contributed by atoms with Gasteiger partial charge in [0.1, 0.15) is 0 Å². The lowest BCUT2D eigenvalue weighted by atomic mass is 9.80. The Morgan fingerprint density at radius 1 is 1.19 bits per heavy atom. The van der Waals surface area contributed by atoms with Gasteiger partial charge in [0.05, 0.1) is 12.5 Å². The van der Waals surface area contributed by atoms with Crippen molar-refractivity contribution in [1.29, 1.82) is 0 Å². The van der Waals surface area contributed by atoms with Crippen molar-refractivity contribution < 1.29 is 9.53 Å². The van der Waals surface area contributed by atoms with E-state index in [1.165, 1.54) is 12.7 Å². The second kappa shape index (κ2) is 6.61. The molecule has 0 saturated carbocycles. The quantitative estimate of drug-likeness (QED) is 0.807. The largest absolute Gasteiger partial charge is 0.469 e. The average Bonchev–Trinajstić information content (AvgIpc) is 2.45. The number of esters is 1. The normalized spacial score (nSPS) is 13.9. The fourth-order valence-corrected chi connectivity index (χ4v) is 2.41. The fourth-order valence-electron chi connectivity index (χ4n) is 2.41. The summed E-state index contributed by atoms with van der Waals surface area (Å²) < 4.78 is 4.84. The number of benzene rings is 1. The first kappa shape index (κ1) is 17.7. The van der Waals surface area contributed by atoms with Gasteiger partial charge in [-0.1, -0.05) is 45.0 Å². The zero-order valence-electron chi connectivity index (χ0n) is 14.2. The summed E-state index contributed by atoms with van der Waals surface area (Å²) in [6.07, 6.45) is 1.66. The number of hydrogen-bond acceptors (Lipinski definition) is 3. The Morgan fingerprint density at radius 2 is 1.71 bits per heavy atom. The monoisotopic (exact) mass is 291 g/mol. The van der Waals surface area contributed by atoms with Crippen molar-refractivity contribution in [2.45, 2.75) is 58.9 Å². The molecule has 0 aliphatic carbocycles. The van der Waals surface area contributed by atoms with Gasteiger partial charge in [-0.25, -0.2) is 0 Å². The highest BCUT2D eigenvalue weighted by atomic mass is 16.5. The summed E-state index contributed by atoms with van der Waals surface area (Å²) in [7, 11) is 1.41. The Hall–Kier alpha value is -1.35. The van der Waals surface area contributed by atoms with Gasteiger partial charge in [-0.15, -0.1) is 0 Å². The lowest BCUT2D eigenvalue weighted by Gasteiger charge is -2.27. The van der Waals surface area contributed by atoms with Crippen LogP contribution in [-0.4, -0.2) is 13.1 Å². The van der Waals surface area contributed by atoms with Crippen LogP contribution in [0, 0.1) is 5.41 Å². The van der Waals surface area contributed by atoms with Gasteiger partial charge in [0, 0.05) is 6.04 Å². The van der Waals surface area contributed by atoms with E-state index in [4.69, 9.17) is 10.5 Å². The van der Waals surface area contributed by atoms with Crippen LogP contribution in [0.15, 0.2) is 24.3 Å². The molecule has 1 aromatic rings. The van der Waals surface area contributed by atoms with E-state index in [0.717, 1.165) is 12.0 Å². The van der Waals surface area contributed by atoms with Crippen molar-refractivity contribution in [3.05, 3.63) is 35.4 Å². The van der Waals surface area contributed by atoms with Gasteiger partial charge < -0.3 is 10.5 Å². The Bertz CT molecular complexity index is 474. The average molecular weight is 291 g/mol. The molecule has 1 rings (SSSR count). The van der Waals surface area contributed by atoms with Crippen LogP contribution in [0.2, 0.25) is 0 Å². The van der Waals surface area contributed by atoms with Gasteiger partial charge in [0.2, 0.25) is 0 Å². The molecule has 0 aromatic heterocycles. The van der Waals surface area contributed by atoms with E-state index in [1.807, 2.05) is 13.8 Å². The maximum atomic E-state index is 11.7. The molecule has 0 fully saturated rings. The molecule has 0 heterocycles. The van der Waals surface area contributed by atoms with Crippen LogP contribution in [0.3, 0.4) is 0 Å². The molecule has 3 heteroatoms. The first-order chi connectivity index (χ1) is 9.64. The molecule has 21 heavy (non-hydrogen) atoms. The summed E-state index contributed by atoms with van der Waals surface area (Å²) in [5.74, 6) is -0.221. The summed E-state index contributed by atoms with van der Waals surface area (Å²) in [4.78, 5) is 11.7. The Labute approximate surface area is 128 Å². The van der Waals surface area contributed by atoms with E-state index in [1.54, 1.807) is 0 Å². The van der Waals surface area contributed by atoms with E-state index in [0.29, 0.717) is 6.42 Å². The molecular weight excluding hydrogens is 262 g/mol. The third kappa shape index (κ3) is 4.31. The molecule has 0 spiro atoms. The standard InChI is InChI=1S/C18H29NO2/c1-7-17(2,3)14-10-8-13(9-11-14)15(19)12-18(4,5)16(20)21-6/h8-11,15H,7,12,19H2,1-6H3. The second-order valence-corrected chi connectivity index (χ2v) is 7.05. The Balaban J connectivity index is 2.85. The van der Waals surface area contributed by atoms with Crippen LogP contribution in [0.5, 0.6) is 0 Å². The molecule has 1 unspecified atom stereocenters. The lowest BCUT2D eigenvalue weighted by molar-refractivity contribution is -0.151. The van der Waals surface area contributed by atoms with E-state index in [2.05, 4.69) is 45.0 Å². The zero-order valence-corrected chi connectivity index (χ0v) is 14.2. The van der Waals surface area contributed by atoms with Crippen LogP contribution in [0.1, 0.15) is 64.6 Å². The van der Waals surface area contributed by atoms with E-state index < -0.39 is 5.41 Å². The maximum Gasteiger partial charge on any atom is 0.311 e. The van der Waals surface area contributed by atoms with Crippen molar-refractivity contribution in [2.75, 3.05) is 7.11 Å². The number of carbonyl (C=O) groups is 1. The molecule has 0 aliphatic heterocycles. The fraction of sp³-hybridized carbons (Fsp3) is 0.611. The van der Waals surface area contributed by atoms with Crippen LogP contribution >= 0.6 is 0 Å². The van der Waals surface area contributed by atoms with Crippen molar-refractivity contribution in [3.63, 3.8) is 0 Å². The molecular formula is C18H29NO2. The summed E-state index contributed by atoms with van der Waals surface area (Å²) in [5.41, 5.74) is 8.23. The molecule has 1 atom stereocenters. The summed E-state index contributed by atoms with van der Waals surface area (Å²) in [6, 6.07) is 8.27. The van der Waals surface area contributed by atoms with Gasteiger partial charge in [-0.2, -0.15) is 0 Å². The second-order valence-electron chi connectivity index (χ2n) is 7.05. The van der Waals surface area contributed by atoms with Crippen molar-refractivity contribution >= 4 is 5.97 Å². The highest BCUT2D eigenvalue weighted by Gasteiger charge is 2.31. The number of carbonyl (C=O) groups excluding carboxylic acids is 1. The highest BCUT2D eigenvalue weighted by Crippen LogP contribution is 2.31. The summed E-state index contributed by atoms with van der Waals surface area (Å²) in [5, 5.41) is 0. The minimum absolute atomic E-state index is 0.169. The molecule has 0 bridgehead atoms. The third-order valence-electron chi connectivity index (χ3n) is 4.47. The molecule has 0 saturated heterocycles. The Kier molecular flexibility index (Phi) is 5.57. The lowest BCUT2D eigenvalue weighted by Crippen LogP contribution is -2.30. The Morgan fingerprint density at radius 3 is 2.14 bits per heavy atom. The summed E-state index contributed by atoms with van der Waals surface area (Å²) >= 11 is 0. The number of hydrogen-bond donors (Lipinski definition) is 1. The third-order valence-corrected chi connectivity index (χ3v) is 4.47. The molecule has 3 nitrogen and oxygen atoms in total. The first-order valence-corrected chi connectivity index (χ1v) is 7.58. The van der Waals surface area contributed by atoms with Crippen LogP contribution in [0.4, 0.5) is 0 Å². The van der Waals surface area contributed by atoms with Gasteiger partial charge in [-0.05, 0) is 43.2 Å². The predicted molar refractivity (Wildman–Crippen MR) is 87.1 cm³/mol. The van der Waals surface area contributed by atoms with E-state index in [9.17, 15) is 4.79 Å². The molecule has 0 amide bonds. The molecule has 0 radical (unpaired) electrons. The number of rotatable bonds is 6. The predicted octanol–water partition coefficient (Wildman–Crippen LogP) is 3.96. The first-order valence-electron chi connectivity index (χ1n) is 7.58.